The summed E-state index contributed by atoms with van der Waals surface area (Å²) >= 11 is 0. The van der Waals surface area contributed by atoms with Crippen LogP contribution >= 0.6 is 0 Å². The van der Waals surface area contributed by atoms with Gasteiger partial charge in [-0.2, -0.15) is 0 Å². The molecule has 0 saturated carbocycles. The first-order valence-electron chi connectivity index (χ1n) is 12.2. The molecule has 188 valence electrons. The molecule has 8 nitrogen and oxygen atoms in total. The number of ether oxygens (including phenoxy) is 2. The van der Waals surface area contributed by atoms with Gasteiger partial charge in [0.25, 0.3) is 5.91 Å². The first-order chi connectivity index (χ1) is 17.6. The number of rotatable bonds is 10. The third-order valence-corrected chi connectivity index (χ3v) is 6.02. The number of hydrogen-bond donors (Lipinski definition) is 4. The van der Waals surface area contributed by atoms with Crippen LogP contribution in [0.1, 0.15) is 48.1 Å². The van der Waals surface area contributed by atoms with Gasteiger partial charge in [-0.05, 0) is 49.2 Å². The van der Waals surface area contributed by atoms with E-state index in [9.17, 15) is 9.59 Å². The van der Waals surface area contributed by atoms with E-state index in [1.165, 1.54) is 7.11 Å². The molecule has 36 heavy (non-hydrogen) atoms. The highest BCUT2D eigenvalue weighted by Gasteiger charge is 2.31. The van der Waals surface area contributed by atoms with Gasteiger partial charge in [0.05, 0.1) is 25.4 Å². The average Bonchev–Trinajstić information content (AvgIpc) is 3.40. The first-order valence-corrected chi connectivity index (χ1v) is 12.2. The quantitative estimate of drug-likeness (QED) is 0.310. The van der Waals surface area contributed by atoms with Gasteiger partial charge in [0.2, 0.25) is 5.91 Å². The molecule has 2 atom stereocenters. The summed E-state index contributed by atoms with van der Waals surface area (Å²) in [6.45, 7) is 2.79. The van der Waals surface area contributed by atoms with E-state index in [0.717, 1.165) is 24.2 Å². The fourth-order valence-electron chi connectivity index (χ4n) is 4.06. The number of hydrazine groups is 1. The molecule has 8 heteroatoms. The normalized spacial score (nSPS) is 16.8. The Hall–Kier alpha value is -3.88. The van der Waals surface area contributed by atoms with Crippen molar-refractivity contribution in [3.63, 3.8) is 0 Å². The summed E-state index contributed by atoms with van der Waals surface area (Å²) in [6.07, 6.45) is 2.62. The summed E-state index contributed by atoms with van der Waals surface area (Å²) in [4.78, 5) is 25.7. The number of anilines is 2. The maximum atomic E-state index is 13.0. The molecule has 1 fully saturated rings. The predicted octanol–water partition coefficient (Wildman–Crippen LogP) is 4.67. The van der Waals surface area contributed by atoms with Gasteiger partial charge in [-0.3, -0.25) is 9.59 Å². The standard InChI is InChI=1S/C28H32N4O4/c1-3-4-16-36-25-13-9-8-12-21(25)22-18-24(32-31-22)28(34)29-20-14-15-26(35-2)23(17-20)30-27(33)19-10-6-5-7-11-19/h5-15,17,22,24,31-32H,3-4,16,18H2,1-2H3,(H,29,34)(H,30,33). The third-order valence-electron chi connectivity index (χ3n) is 6.02. The second kappa shape index (κ2) is 12.2. The predicted molar refractivity (Wildman–Crippen MR) is 140 cm³/mol. The van der Waals surface area contributed by atoms with Crippen LogP contribution in [0.15, 0.2) is 72.8 Å². The van der Waals surface area contributed by atoms with Crippen LogP contribution in [0.5, 0.6) is 11.5 Å². The number of carbonyl (C=O) groups excluding carboxylic acids is 2. The van der Waals surface area contributed by atoms with Crippen LogP contribution in [0.2, 0.25) is 0 Å². The van der Waals surface area contributed by atoms with Crippen LogP contribution in [0.25, 0.3) is 0 Å². The fraction of sp³-hybridized carbons (Fsp3) is 0.286. The summed E-state index contributed by atoms with van der Waals surface area (Å²) in [5.74, 6) is 0.888. The Morgan fingerprint density at radius 2 is 1.72 bits per heavy atom. The van der Waals surface area contributed by atoms with Gasteiger partial charge < -0.3 is 20.1 Å². The average molecular weight is 489 g/mol. The molecule has 1 saturated heterocycles. The highest BCUT2D eigenvalue weighted by Crippen LogP contribution is 2.32. The molecular weight excluding hydrogens is 456 g/mol. The lowest BCUT2D eigenvalue weighted by atomic mass is 10.0. The molecular formula is C28H32N4O4. The lowest BCUT2D eigenvalue weighted by Gasteiger charge is -2.16. The van der Waals surface area contributed by atoms with Crippen LogP contribution in [-0.4, -0.2) is 31.6 Å². The Kier molecular flexibility index (Phi) is 8.54. The maximum absolute atomic E-state index is 13.0. The summed E-state index contributed by atoms with van der Waals surface area (Å²) in [7, 11) is 1.53. The van der Waals surface area contributed by atoms with Crippen molar-refractivity contribution in [3.8, 4) is 11.5 Å². The van der Waals surface area contributed by atoms with Crippen molar-refractivity contribution in [2.75, 3.05) is 24.4 Å². The monoisotopic (exact) mass is 488 g/mol. The molecule has 1 aliphatic rings. The first kappa shape index (κ1) is 25.2. The van der Waals surface area contributed by atoms with E-state index < -0.39 is 6.04 Å². The van der Waals surface area contributed by atoms with Crippen LogP contribution < -0.4 is 31.0 Å². The molecule has 3 aromatic rings. The minimum Gasteiger partial charge on any atom is -0.495 e. The summed E-state index contributed by atoms with van der Waals surface area (Å²) in [5.41, 5.74) is 8.90. The lowest BCUT2D eigenvalue weighted by Crippen LogP contribution is -2.39. The number of amides is 2. The van der Waals surface area contributed by atoms with E-state index in [2.05, 4.69) is 28.4 Å². The fourth-order valence-corrected chi connectivity index (χ4v) is 4.06. The van der Waals surface area contributed by atoms with Crippen molar-refractivity contribution in [1.82, 2.24) is 10.9 Å². The number of para-hydroxylation sites is 1. The van der Waals surface area contributed by atoms with E-state index in [1.807, 2.05) is 30.3 Å². The van der Waals surface area contributed by atoms with Gasteiger partial charge in [0.15, 0.2) is 0 Å². The van der Waals surface area contributed by atoms with Gasteiger partial charge >= 0.3 is 0 Å². The van der Waals surface area contributed by atoms with Gasteiger partial charge in [-0.25, -0.2) is 10.9 Å². The zero-order chi connectivity index (χ0) is 25.3. The van der Waals surface area contributed by atoms with Crippen LogP contribution in [0, 0.1) is 0 Å². The van der Waals surface area contributed by atoms with Crippen LogP contribution in [0.4, 0.5) is 11.4 Å². The zero-order valence-electron chi connectivity index (χ0n) is 20.5. The molecule has 4 N–H and O–H groups in total. The molecule has 0 aliphatic carbocycles. The van der Waals surface area contributed by atoms with Crippen molar-refractivity contribution in [3.05, 3.63) is 83.9 Å². The van der Waals surface area contributed by atoms with Crippen molar-refractivity contribution in [2.24, 2.45) is 0 Å². The van der Waals surface area contributed by atoms with Gasteiger partial charge in [-0.15, -0.1) is 0 Å². The van der Waals surface area contributed by atoms with E-state index in [1.54, 1.807) is 42.5 Å². The van der Waals surface area contributed by atoms with Crippen molar-refractivity contribution >= 4 is 23.2 Å². The smallest absolute Gasteiger partial charge is 0.255 e. The zero-order valence-corrected chi connectivity index (χ0v) is 20.5. The lowest BCUT2D eigenvalue weighted by molar-refractivity contribution is -0.117. The molecule has 0 bridgehead atoms. The molecule has 3 aromatic carbocycles. The second-order valence-corrected chi connectivity index (χ2v) is 8.59. The minimum atomic E-state index is -0.442. The van der Waals surface area contributed by atoms with E-state index >= 15 is 0 Å². The molecule has 2 amide bonds. The second-order valence-electron chi connectivity index (χ2n) is 8.59. The largest absolute Gasteiger partial charge is 0.495 e. The van der Waals surface area contributed by atoms with E-state index in [0.29, 0.717) is 35.7 Å². The van der Waals surface area contributed by atoms with Gasteiger partial charge in [0, 0.05) is 16.8 Å². The number of methoxy groups -OCH3 is 1. The summed E-state index contributed by atoms with van der Waals surface area (Å²) in [6, 6.07) is 21.5. The van der Waals surface area contributed by atoms with Crippen molar-refractivity contribution in [2.45, 2.75) is 38.3 Å². The topological polar surface area (TPSA) is 101 Å². The minimum absolute atomic E-state index is 0.0600. The number of hydrogen-bond acceptors (Lipinski definition) is 6. The van der Waals surface area contributed by atoms with E-state index in [-0.39, 0.29) is 17.9 Å². The van der Waals surface area contributed by atoms with Crippen LogP contribution in [0.3, 0.4) is 0 Å². The molecule has 1 aliphatic heterocycles. The summed E-state index contributed by atoms with van der Waals surface area (Å²) < 4.78 is 11.4. The Balaban J connectivity index is 1.41. The van der Waals surface area contributed by atoms with E-state index in [4.69, 9.17) is 9.47 Å². The van der Waals surface area contributed by atoms with Gasteiger partial charge in [-0.1, -0.05) is 49.7 Å². The molecule has 0 spiro atoms. The van der Waals surface area contributed by atoms with Crippen LogP contribution in [-0.2, 0) is 4.79 Å². The third kappa shape index (κ3) is 6.21. The van der Waals surface area contributed by atoms with Crippen molar-refractivity contribution in [1.29, 1.82) is 0 Å². The Labute approximate surface area is 211 Å². The molecule has 1 heterocycles. The SMILES string of the molecule is CCCCOc1ccccc1C1CC(C(=O)Nc2ccc(OC)c(NC(=O)c3ccccc3)c2)NN1. The Morgan fingerprint density at radius 1 is 0.944 bits per heavy atom. The number of nitrogens with one attached hydrogen (secondary N) is 4. The van der Waals surface area contributed by atoms with Gasteiger partial charge in [0.1, 0.15) is 17.5 Å². The maximum Gasteiger partial charge on any atom is 0.255 e. The number of carbonyl (C=O) groups is 2. The summed E-state index contributed by atoms with van der Waals surface area (Å²) in [5, 5.41) is 5.80. The molecule has 2 unspecified atom stereocenters. The number of benzene rings is 3. The molecule has 0 radical (unpaired) electrons. The molecule has 4 rings (SSSR count). The highest BCUT2D eigenvalue weighted by atomic mass is 16.5. The van der Waals surface area contributed by atoms with Crippen molar-refractivity contribution < 1.29 is 19.1 Å². The number of unbranched alkanes of at least 4 members (excludes halogenated alkanes) is 1. The highest BCUT2D eigenvalue weighted by molar-refractivity contribution is 6.05. The Morgan fingerprint density at radius 3 is 2.50 bits per heavy atom. The Bertz CT molecular complexity index is 1190. The molecule has 0 aromatic heterocycles.